The van der Waals surface area contributed by atoms with Gasteiger partial charge in [0, 0.05) is 12.6 Å². The van der Waals surface area contributed by atoms with E-state index in [0.29, 0.717) is 18.5 Å². The van der Waals surface area contributed by atoms with Crippen LogP contribution in [-0.4, -0.2) is 35.1 Å². The van der Waals surface area contributed by atoms with Gasteiger partial charge in [-0.3, -0.25) is 9.69 Å². The molecule has 3 heteroatoms. The number of aliphatic carboxylic acids is 1. The first-order chi connectivity index (χ1) is 8.18. The standard InChI is InChI=1S/C14H21NO2/c1-11(12-6-3-2-4-7-12)15-9-5-8-13(10-15)14(16)17/h2-4,6,11-13H,5,7-10H2,1H3,(H,16,17). The predicted molar refractivity (Wildman–Crippen MR) is 67.8 cm³/mol. The van der Waals surface area contributed by atoms with Crippen LogP contribution in [0.15, 0.2) is 24.3 Å². The summed E-state index contributed by atoms with van der Waals surface area (Å²) in [5, 5.41) is 9.10. The second kappa shape index (κ2) is 5.50. The van der Waals surface area contributed by atoms with E-state index in [0.717, 1.165) is 25.8 Å². The Labute approximate surface area is 103 Å². The molecule has 0 spiro atoms. The number of allylic oxidation sites excluding steroid dienone is 3. The van der Waals surface area contributed by atoms with E-state index in [4.69, 9.17) is 5.11 Å². The van der Waals surface area contributed by atoms with Crippen LogP contribution in [0.5, 0.6) is 0 Å². The number of hydrogen-bond donors (Lipinski definition) is 1. The Kier molecular flexibility index (Phi) is 4.00. The summed E-state index contributed by atoms with van der Waals surface area (Å²) in [4.78, 5) is 13.4. The molecule has 3 nitrogen and oxygen atoms in total. The van der Waals surface area contributed by atoms with Crippen molar-refractivity contribution in [2.24, 2.45) is 11.8 Å². The number of carbonyl (C=O) groups is 1. The molecule has 2 rings (SSSR count). The molecule has 1 aliphatic heterocycles. The predicted octanol–water partition coefficient (Wildman–Crippen LogP) is 2.30. The maximum absolute atomic E-state index is 11.0. The Morgan fingerprint density at radius 2 is 2.29 bits per heavy atom. The number of nitrogens with zero attached hydrogens (tertiary/aromatic N) is 1. The third-order valence-electron chi connectivity index (χ3n) is 4.01. The van der Waals surface area contributed by atoms with Gasteiger partial charge < -0.3 is 5.11 Å². The molecule has 3 atom stereocenters. The minimum atomic E-state index is -0.638. The van der Waals surface area contributed by atoms with E-state index in [2.05, 4.69) is 36.1 Å². The lowest BCUT2D eigenvalue weighted by molar-refractivity contribution is -0.144. The summed E-state index contributed by atoms with van der Waals surface area (Å²) in [5.74, 6) is -0.275. The minimum absolute atomic E-state index is 0.172. The number of carboxylic acid groups (broad SMARTS) is 1. The van der Waals surface area contributed by atoms with E-state index in [9.17, 15) is 4.79 Å². The minimum Gasteiger partial charge on any atom is -0.481 e. The highest BCUT2D eigenvalue weighted by molar-refractivity contribution is 5.70. The summed E-state index contributed by atoms with van der Waals surface area (Å²) < 4.78 is 0. The lowest BCUT2D eigenvalue weighted by Gasteiger charge is -2.38. The molecule has 3 unspecified atom stereocenters. The van der Waals surface area contributed by atoms with E-state index >= 15 is 0 Å². The average molecular weight is 235 g/mol. The first-order valence-electron chi connectivity index (χ1n) is 6.48. The Bertz CT molecular complexity index is 335. The molecule has 0 saturated carbocycles. The molecule has 2 aliphatic rings. The van der Waals surface area contributed by atoms with Crippen molar-refractivity contribution in [2.45, 2.75) is 32.2 Å². The Hall–Kier alpha value is -1.09. The SMILES string of the molecule is CC(C1C=CC=CC1)N1CCCC(C(=O)O)C1. The number of hydrogen-bond acceptors (Lipinski definition) is 2. The van der Waals surface area contributed by atoms with E-state index < -0.39 is 5.97 Å². The second-order valence-electron chi connectivity index (χ2n) is 5.13. The molecular formula is C14H21NO2. The normalized spacial score (nSPS) is 31.4. The van der Waals surface area contributed by atoms with E-state index in [-0.39, 0.29) is 5.92 Å². The second-order valence-corrected chi connectivity index (χ2v) is 5.13. The van der Waals surface area contributed by atoms with E-state index in [1.54, 1.807) is 0 Å². The van der Waals surface area contributed by atoms with Crippen molar-refractivity contribution in [3.8, 4) is 0 Å². The van der Waals surface area contributed by atoms with Crippen molar-refractivity contribution in [2.75, 3.05) is 13.1 Å². The molecule has 1 fully saturated rings. The molecule has 1 heterocycles. The third kappa shape index (κ3) is 2.97. The summed E-state index contributed by atoms with van der Waals surface area (Å²) in [6.45, 7) is 3.97. The highest BCUT2D eigenvalue weighted by atomic mass is 16.4. The smallest absolute Gasteiger partial charge is 0.307 e. The van der Waals surface area contributed by atoms with Crippen molar-refractivity contribution in [1.29, 1.82) is 0 Å². The first kappa shape index (κ1) is 12.4. The van der Waals surface area contributed by atoms with Crippen molar-refractivity contribution >= 4 is 5.97 Å². The highest BCUT2D eigenvalue weighted by Crippen LogP contribution is 2.25. The molecule has 0 aromatic heterocycles. The van der Waals surface area contributed by atoms with Crippen LogP contribution in [0.1, 0.15) is 26.2 Å². The van der Waals surface area contributed by atoms with Crippen LogP contribution in [0.2, 0.25) is 0 Å². The van der Waals surface area contributed by atoms with Gasteiger partial charge in [0.25, 0.3) is 0 Å². The van der Waals surface area contributed by atoms with Crippen LogP contribution in [0.4, 0.5) is 0 Å². The van der Waals surface area contributed by atoms with Gasteiger partial charge in [-0.15, -0.1) is 0 Å². The highest BCUT2D eigenvalue weighted by Gasteiger charge is 2.30. The Morgan fingerprint density at radius 1 is 1.47 bits per heavy atom. The molecule has 0 aromatic rings. The average Bonchev–Trinajstić information content (AvgIpc) is 2.39. The molecule has 0 radical (unpaired) electrons. The molecule has 1 saturated heterocycles. The molecule has 0 aromatic carbocycles. The summed E-state index contributed by atoms with van der Waals surface area (Å²) in [5.41, 5.74) is 0. The molecule has 1 aliphatic carbocycles. The zero-order chi connectivity index (χ0) is 12.3. The molecular weight excluding hydrogens is 214 g/mol. The molecule has 1 N–H and O–H groups in total. The van der Waals surface area contributed by atoms with Crippen LogP contribution in [0.25, 0.3) is 0 Å². The van der Waals surface area contributed by atoms with Crippen LogP contribution < -0.4 is 0 Å². The third-order valence-corrected chi connectivity index (χ3v) is 4.01. The van der Waals surface area contributed by atoms with Gasteiger partial charge in [0.15, 0.2) is 0 Å². The van der Waals surface area contributed by atoms with Crippen LogP contribution in [-0.2, 0) is 4.79 Å². The Balaban J connectivity index is 1.94. The zero-order valence-corrected chi connectivity index (χ0v) is 10.4. The van der Waals surface area contributed by atoms with Crippen LogP contribution >= 0.6 is 0 Å². The maximum Gasteiger partial charge on any atom is 0.307 e. The van der Waals surface area contributed by atoms with Crippen LogP contribution in [0, 0.1) is 11.8 Å². The van der Waals surface area contributed by atoms with Crippen molar-refractivity contribution in [1.82, 2.24) is 4.90 Å². The van der Waals surface area contributed by atoms with Gasteiger partial charge in [-0.2, -0.15) is 0 Å². The van der Waals surface area contributed by atoms with Gasteiger partial charge in [0.1, 0.15) is 0 Å². The van der Waals surface area contributed by atoms with Gasteiger partial charge in [-0.25, -0.2) is 0 Å². The zero-order valence-electron chi connectivity index (χ0n) is 10.4. The molecule has 94 valence electrons. The van der Waals surface area contributed by atoms with Gasteiger partial charge >= 0.3 is 5.97 Å². The van der Waals surface area contributed by atoms with Gasteiger partial charge in [0.05, 0.1) is 5.92 Å². The summed E-state index contributed by atoms with van der Waals surface area (Å²) in [7, 11) is 0. The lowest BCUT2D eigenvalue weighted by Crippen LogP contribution is -2.46. The van der Waals surface area contributed by atoms with Crippen LogP contribution in [0.3, 0.4) is 0 Å². The topological polar surface area (TPSA) is 40.5 Å². The van der Waals surface area contributed by atoms with E-state index in [1.807, 2.05) is 0 Å². The van der Waals surface area contributed by atoms with Gasteiger partial charge in [0.2, 0.25) is 0 Å². The monoisotopic (exact) mass is 235 g/mol. The van der Waals surface area contributed by atoms with Crippen molar-refractivity contribution in [3.63, 3.8) is 0 Å². The fourth-order valence-electron chi connectivity index (χ4n) is 2.81. The van der Waals surface area contributed by atoms with E-state index in [1.165, 1.54) is 0 Å². The quantitative estimate of drug-likeness (QED) is 0.816. The number of carboxylic acids is 1. The van der Waals surface area contributed by atoms with Gasteiger partial charge in [-0.1, -0.05) is 24.3 Å². The lowest BCUT2D eigenvalue weighted by atomic mass is 9.89. The largest absolute Gasteiger partial charge is 0.481 e. The Morgan fingerprint density at radius 3 is 2.94 bits per heavy atom. The van der Waals surface area contributed by atoms with Crippen molar-refractivity contribution in [3.05, 3.63) is 24.3 Å². The molecule has 0 bridgehead atoms. The molecule has 0 amide bonds. The summed E-state index contributed by atoms with van der Waals surface area (Å²) in [6, 6.07) is 0.443. The first-order valence-corrected chi connectivity index (χ1v) is 6.48. The van der Waals surface area contributed by atoms with Gasteiger partial charge in [-0.05, 0) is 38.6 Å². The number of likely N-dealkylation sites (tertiary alicyclic amines) is 1. The fraction of sp³-hybridized carbons (Fsp3) is 0.643. The molecule has 17 heavy (non-hydrogen) atoms. The number of rotatable bonds is 3. The number of piperidine rings is 1. The summed E-state index contributed by atoms with van der Waals surface area (Å²) >= 11 is 0. The maximum atomic E-state index is 11.0. The fourth-order valence-corrected chi connectivity index (χ4v) is 2.81. The van der Waals surface area contributed by atoms with Crippen molar-refractivity contribution < 1.29 is 9.90 Å². The summed E-state index contributed by atoms with van der Waals surface area (Å²) in [6.07, 6.45) is 11.5.